The molecule has 1 amide bonds. The Balaban J connectivity index is 2.17. The third kappa shape index (κ3) is 3.82. The van der Waals surface area contributed by atoms with Crippen LogP contribution in [0.1, 0.15) is 13.3 Å². The smallest absolute Gasteiger partial charge is 0.296 e. The molecule has 0 fully saturated rings. The summed E-state index contributed by atoms with van der Waals surface area (Å²) < 4.78 is 15.7. The van der Waals surface area contributed by atoms with E-state index in [1.165, 1.54) is 12.1 Å². The molecule has 0 saturated carbocycles. The van der Waals surface area contributed by atoms with E-state index in [-0.39, 0.29) is 18.0 Å². The van der Waals surface area contributed by atoms with Crippen molar-refractivity contribution in [2.24, 2.45) is 0 Å². The number of rotatable bonds is 6. The lowest BCUT2D eigenvalue weighted by Gasteiger charge is -2.19. The summed E-state index contributed by atoms with van der Waals surface area (Å²) in [6, 6.07) is 2.64. The molecule has 0 radical (unpaired) electrons. The first kappa shape index (κ1) is 15.0. The van der Waals surface area contributed by atoms with Gasteiger partial charge in [-0.2, -0.15) is 0 Å². The second-order valence-electron chi connectivity index (χ2n) is 4.37. The van der Waals surface area contributed by atoms with Crippen molar-refractivity contribution in [2.45, 2.75) is 13.3 Å². The molecule has 1 N–H and O–H groups in total. The number of carbonyl (C=O) groups is 1. The summed E-state index contributed by atoms with van der Waals surface area (Å²) in [5, 5.41) is 13.5. The van der Waals surface area contributed by atoms with Crippen molar-refractivity contribution in [2.75, 3.05) is 31.7 Å². The first-order chi connectivity index (χ1) is 10.1. The predicted octanol–water partition coefficient (Wildman–Crippen LogP) is 1.73. The lowest BCUT2D eigenvalue weighted by atomic mass is 10.2. The maximum absolute atomic E-state index is 11.7. The molecule has 0 atom stereocenters. The Kier molecular flexibility index (Phi) is 4.94. The number of benzene rings is 1. The highest BCUT2D eigenvalue weighted by molar-refractivity contribution is 5.94. The van der Waals surface area contributed by atoms with Gasteiger partial charge in [0.1, 0.15) is 25.5 Å². The number of carbonyl (C=O) groups excluding carboxylic acids is 1. The van der Waals surface area contributed by atoms with Crippen LogP contribution in [-0.2, 0) is 9.53 Å². The zero-order valence-corrected chi connectivity index (χ0v) is 11.6. The van der Waals surface area contributed by atoms with Gasteiger partial charge in [0.25, 0.3) is 11.6 Å². The number of nitro benzene ring substituents is 1. The topological polar surface area (TPSA) is 99.9 Å². The number of hydrogen-bond donors (Lipinski definition) is 1. The van der Waals surface area contributed by atoms with Crippen LogP contribution in [0.5, 0.6) is 11.5 Å². The molecule has 8 heteroatoms. The minimum atomic E-state index is -0.583. The van der Waals surface area contributed by atoms with E-state index < -0.39 is 10.8 Å². The van der Waals surface area contributed by atoms with Gasteiger partial charge >= 0.3 is 0 Å². The van der Waals surface area contributed by atoms with E-state index in [2.05, 4.69) is 5.32 Å². The Bertz CT molecular complexity index is 546. The summed E-state index contributed by atoms with van der Waals surface area (Å²) in [6.45, 7) is 2.91. The van der Waals surface area contributed by atoms with Crippen LogP contribution in [0.2, 0.25) is 0 Å². The minimum absolute atomic E-state index is 0.0642. The van der Waals surface area contributed by atoms with Gasteiger partial charge in [0.2, 0.25) is 0 Å². The van der Waals surface area contributed by atoms with E-state index in [4.69, 9.17) is 14.2 Å². The fourth-order valence-electron chi connectivity index (χ4n) is 1.82. The molecule has 0 aliphatic carbocycles. The Morgan fingerprint density at radius 1 is 1.38 bits per heavy atom. The molecule has 0 spiro atoms. The van der Waals surface area contributed by atoms with Crippen LogP contribution in [-0.4, -0.2) is 37.3 Å². The number of ether oxygens (including phenoxy) is 3. The standard InChI is InChI=1S/C13H16N2O6/c1-2-3-19-8-13(16)14-9-6-11-12(21-5-4-20-11)7-10(9)15(17)18/h6-7H,2-5,8H2,1H3,(H,14,16). The maximum atomic E-state index is 11.7. The van der Waals surface area contributed by atoms with Crippen LogP contribution >= 0.6 is 0 Å². The van der Waals surface area contributed by atoms with Crippen LogP contribution in [0.15, 0.2) is 12.1 Å². The van der Waals surface area contributed by atoms with Gasteiger partial charge in [-0.05, 0) is 6.42 Å². The van der Waals surface area contributed by atoms with Crippen molar-refractivity contribution in [1.82, 2.24) is 0 Å². The lowest BCUT2D eigenvalue weighted by molar-refractivity contribution is -0.384. The van der Waals surface area contributed by atoms with Crippen LogP contribution in [0.3, 0.4) is 0 Å². The quantitative estimate of drug-likeness (QED) is 0.487. The van der Waals surface area contributed by atoms with Crippen molar-refractivity contribution in [1.29, 1.82) is 0 Å². The minimum Gasteiger partial charge on any atom is -0.486 e. The summed E-state index contributed by atoms with van der Waals surface area (Å²) in [4.78, 5) is 22.2. The second kappa shape index (κ2) is 6.89. The van der Waals surface area contributed by atoms with E-state index in [1.54, 1.807) is 0 Å². The number of amides is 1. The zero-order chi connectivity index (χ0) is 15.2. The molecule has 1 aromatic rings. The molecule has 2 rings (SSSR count). The van der Waals surface area contributed by atoms with Gasteiger partial charge in [-0.25, -0.2) is 0 Å². The monoisotopic (exact) mass is 296 g/mol. The first-order valence-corrected chi connectivity index (χ1v) is 6.57. The lowest BCUT2D eigenvalue weighted by Crippen LogP contribution is -2.20. The molecule has 21 heavy (non-hydrogen) atoms. The number of anilines is 1. The van der Waals surface area contributed by atoms with Gasteiger partial charge in [-0.1, -0.05) is 6.92 Å². The second-order valence-corrected chi connectivity index (χ2v) is 4.37. The first-order valence-electron chi connectivity index (χ1n) is 6.57. The maximum Gasteiger partial charge on any atom is 0.296 e. The van der Waals surface area contributed by atoms with Gasteiger partial charge in [-0.3, -0.25) is 14.9 Å². The summed E-state index contributed by atoms with van der Waals surface area (Å²) in [6.07, 6.45) is 0.789. The number of hydrogen-bond acceptors (Lipinski definition) is 6. The average Bonchev–Trinajstić information content (AvgIpc) is 2.46. The molecule has 1 heterocycles. The van der Waals surface area contributed by atoms with Gasteiger partial charge < -0.3 is 19.5 Å². The zero-order valence-electron chi connectivity index (χ0n) is 11.6. The van der Waals surface area contributed by atoms with E-state index in [1.807, 2.05) is 6.92 Å². The molecule has 1 aliphatic rings. The van der Waals surface area contributed by atoms with E-state index in [0.717, 1.165) is 6.42 Å². The third-order valence-electron chi connectivity index (χ3n) is 2.71. The number of nitrogens with one attached hydrogen (secondary N) is 1. The molecular formula is C13H16N2O6. The number of nitro groups is 1. The van der Waals surface area contributed by atoms with Crippen molar-refractivity contribution < 1.29 is 23.9 Å². The van der Waals surface area contributed by atoms with Crippen molar-refractivity contribution in [3.63, 3.8) is 0 Å². The molecule has 114 valence electrons. The van der Waals surface area contributed by atoms with E-state index >= 15 is 0 Å². The van der Waals surface area contributed by atoms with E-state index in [9.17, 15) is 14.9 Å². The molecule has 0 aromatic heterocycles. The van der Waals surface area contributed by atoms with Gasteiger partial charge in [0, 0.05) is 12.7 Å². The summed E-state index contributed by atoms with van der Waals surface area (Å²) in [5.41, 5.74) is -0.183. The molecule has 0 unspecified atom stereocenters. The predicted molar refractivity (Wildman–Crippen MR) is 73.8 cm³/mol. The summed E-state index contributed by atoms with van der Waals surface area (Å²) in [7, 11) is 0. The highest BCUT2D eigenvalue weighted by Crippen LogP contribution is 2.39. The fraction of sp³-hybridized carbons (Fsp3) is 0.462. The van der Waals surface area contributed by atoms with Gasteiger partial charge in [0.05, 0.1) is 11.0 Å². The molecule has 0 bridgehead atoms. The Morgan fingerprint density at radius 2 is 2.05 bits per heavy atom. The van der Waals surface area contributed by atoms with Crippen molar-refractivity contribution in [3.05, 3.63) is 22.2 Å². The van der Waals surface area contributed by atoms with Crippen LogP contribution < -0.4 is 14.8 Å². The van der Waals surface area contributed by atoms with Gasteiger partial charge in [0.15, 0.2) is 11.5 Å². The SMILES string of the molecule is CCCOCC(=O)Nc1cc2c(cc1[N+](=O)[O-])OCCO2. The van der Waals surface area contributed by atoms with Crippen molar-refractivity contribution >= 4 is 17.3 Å². The molecule has 8 nitrogen and oxygen atoms in total. The Labute approximate surface area is 121 Å². The largest absolute Gasteiger partial charge is 0.486 e. The van der Waals surface area contributed by atoms with Crippen LogP contribution in [0.25, 0.3) is 0 Å². The number of fused-ring (bicyclic) bond motifs is 1. The van der Waals surface area contributed by atoms with E-state index in [0.29, 0.717) is 31.3 Å². The molecule has 0 saturated heterocycles. The number of nitrogens with zero attached hydrogens (tertiary/aromatic N) is 1. The molecule has 1 aromatic carbocycles. The average molecular weight is 296 g/mol. The normalized spacial score (nSPS) is 12.8. The Hall–Kier alpha value is -2.35. The fourth-order valence-corrected chi connectivity index (χ4v) is 1.82. The van der Waals surface area contributed by atoms with Crippen LogP contribution in [0, 0.1) is 10.1 Å². The highest BCUT2D eigenvalue weighted by Gasteiger charge is 2.23. The van der Waals surface area contributed by atoms with Gasteiger partial charge in [-0.15, -0.1) is 0 Å². The van der Waals surface area contributed by atoms with Crippen molar-refractivity contribution in [3.8, 4) is 11.5 Å². The summed E-state index contributed by atoms with van der Waals surface area (Å²) >= 11 is 0. The third-order valence-corrected chi connectivity index (χ3v) is 2.71. The summed E-state index contributed by atoms with van der Waals surface area (Å²) in [5.74, 6) is 0.216. The van der Waals surface area contributed by atoms with Crippen LogP contribution in [0.4, 0.5) is 11.4 Å². The molecular weight excluding hydrogens is 280 g/mol. The molecule has 1 aliphatic heterocycles. The Morgan fingerprint density at radius 3 is 2.67 bits per heavy atom. The highest BCUT2D eigenvalue weighted by atomic mass is 16.6.